The van der Waals surface area contributed by atoms with Gasteiger partial charge < -0.3 is 21.1 Å². The lowest BCUT2D eigenvalue weighted by atomic mass is 10.0. The zero-order chi connectivity index (χ0) is 16.9. The van der Waals surface area contributed by atoms with Gasteiger partial charge in [0.05, 0.1) is 6.61 Å². The molecular weight excluding hydrogens is 330 g/mol. The Hall–Kier alpha value is -1.79. The van der Waals surface area contributed by atoms with Crippen molar-refractivity contribution in [2.75, 3.05) is 18.5 Å². The summed E-state index contributed by atoms with van der Waals surface area (Å²) in [4.78, 5) is 23.1. The number of benzene rings is 1. The van der Waals surface area contributed by atoms with Gasteiger partial charge >= 0.3 is 0 Å². The van der Waals surface area contributed by atoms with Crippen molar-refractivity contribution in [3.8, 4) is 5.75 Å². The summed E-state index contributed by atoms with van der Waals surface area (Å²) in [6.45, 7) is 4.67. The molecule has 0 saturated heterocycles. The van der Waals surface area contributed by atoms with E-state index in [-0.39, 0.29) is 29.8 Å². The Labute approximate surface area is 148 Å². The summed E-state index contributed by atoms with van der Waals surface area (Å²) in [6.07, 6.45) is 2.28. The van der Waals surface area contributed by atoms with Crippen molar-refractivity contribution in [2.45, 2.75) is 45.1 Å². The molecule has 134 valence electrons. The van der Waals surface area contributed by atoms with E-state index in [1.54, 1.807) is 0 Å². The van der Waals surface area contributed by atoms with E-state index in [4.69, 9.17) is 10.5 Å². The van der Waals surface area contributed by atoms with Crippen molar-refractivity contribution in [1.82, 2.24) is 5.32 Å². The van der Waals surface area contributed by atoms with Gasteiger partial charge in [-0.05, 0) is 50.5 Å². The smallest absolute Gasteiger partial charge is 0.224 e. The van der Waals surface area contributed by atoms with Gasteiger partial charge in [-0.15, -0.1) is 12.4 Å². The normalized spacial score (nSPS) is 13.4. The fourth-order valence-corrected chi connectivity index (χ4v) is 2.36. The molecule has 0 aliphatic carbocycles. The van der Waals surface area contributed by atoms with Crippen LogP contribution in [0.1, 0.15) is 38.7 Å². The molecule has 1 heterocycles. The first-order valence-electron chi connectivity index (χ1n) is 7.96. The van der Waals surface area contributed by atoms with Crippen molar-refractivity contribution in [3.05, 3.63) is 23.8 Å². The summed E-state index contributed by atoms with van der Waals surface area (Å²) in [5.74, 6) is 0.803. The van der Waals surface area contributed by atoms with E-state index in [2.05, 4.69) is 10.6 Å². The number of hydrogen-bond acceptors (Lipinski definition) is 4. The fraction of sp³-hybridized carbons (Fsp3) is 0.529. The maximum Gasteiger partial charge on any atom is 0.224 e. The lowest BCUT2D eigenvalue weighted by molar-refractivity contribution is -0.122. The largest absolute Gasteiger partial charge is 0.494 e. The van der Waals surface area contributed by atoms with Crippen LogP contribution in [-0.4, -0.2) is 30.5 Å². The quantitative estimate of drug-likeness (QED) is 0.652. The summed E-state index contributed by atoms with van der Waals surface area (Å²) in [6, 6.07) is 5.65. The van der Waals surface area contributed by atoms with Gasteiger partial charge in [0, 0.05) is 30.6 Å². The number of anilines is 1. The number of nitrogens with one attached hydrogen (secondary N) is 2. The molecule has 1 aromatic carbocycles. The van der Waals surface area contributed by atoms with E-state index < -0.39 is 0 Å². The standard InChI is InChI=1S/C17H25N3O3.ClH/c1-17(2,11-18)20-16(22)4-3-9-23-13-6-7-14-12(10-13)5-8-15(21)19-14;/h6-7,10H,3-5,8-9,11,18H2,1-2H3,(H,19,21)(H,20,22);1H. The number of carbonyl (C=O) groups is 2. The molecule has 0 atom stereocenters. The minimum absolute atomic E-state index is 0. The lowest BCUT2D eigenvalue weighted by Gasteiger charge is -2.24. The highest BCUT2D eigenvalue weighted by Gasteiger charge is 2.18. The molecule has 24 heavy (non-hydrogen) atoms. The van der Waals surface area contributed by atoms with Gasteiger partial charge in [-0.1, -0.05) is 0 Å². The van der Waals surface area contributed by atoms with Crippen LogP contribution in [0.25, 0.3) is 0 Å². The van der Waals surface area contributed by atoms with E-state index in [1.165, 1.54) is 0 Å². The van der Waals surface area contributed by atoms with Crippen LogP contribution in [-0.2, 0) is 16.0 Å². The molecule has 0 bridgehead atoms. The Bertz CT molecular complexity index is 590. The van der Waals surface area contributed by atoms with Crippen LogP contribution in [0, 0.1) is 0 Å². The molecule has 0 aromatic heterocycles. The molecule has 0 fully saturated rings. The van der Waals surface area contributed by atoms with Crippen molar-refractivity contribution < 1.29 is 14.3 Å². The Morgan fingerprint density at radius 2 is 2.12 bits per heavy atom. The third-order valence-corrected chi connectivity index (χ3v) is 3.78. The molecule has 0 saturated carbocycles. The van der Waals surface area contributed by atoms with Gasteiger partial charge in [0.2, 0.25) is 11.8 Å². The third kappa shape index (κ3) is 6.02. The Morgan fingerprint density at radius 1 is 1.38 bits per heavy atom. The summed E-state index contributed by atoms with van der Waals surface area (Å²) in [5.41, 5.74) is 7.16. The predicted octanol–water partition coefficient (Wildman–Crippen LogP) is 2.01. The Morgan fingerprint density at radius 3 is 2.83 bits per heavy atom. The van der Waals surface area contributed by atoms with E-state index in [0.29, 0.717) is 32.4 Å². The minimum Gasteiger partial charge on any atom is -0.494 e. The van der Waals surface area contributed by atoms with Crippen molar-refractivity contribution in [1.29, 1.82) is 0 Å². The summed E-state index contributed by atoms with van der Waals surface area (Å²) in [5, 5.41) is 5.73. The highest BCUT2D eigenvalue weighted by atomic mass is 35.5. The summed E-state index contributed by atoms with van der Waals surface area (Å²) >= 11 is 0. The van der Waals surface area contributed by atoms with E-state index in [0.717, 1.165) is 23.4 Å². The van der Waals surface area contributed by atoms with Crippen LogP contribution in [0.2, 0.25) is 0 Å². The van der Waals surface area contributed by atoms with Crippen molar-refractivity contribution in [2.24, 2.45) is 5.73 Å². The zero-order valence-corrected chi connectivity index (χ0v) is 15.0. The molecule has 1 aliphatic heterocycles. The van der Waals surface area contributed by atoms with Crippen LogP contribution in [0.5, 0.6) is 5.75 Å². The highest BCUT2D eigenvalue weighted by molar-refractivity contribution is 5.94. The maximum atomic E-state index is 11.8. The second-order valence-electron chi connectivity index (χ2n) is 6.46. The number of halogens is 1. The first-order valence-corrected chi connectivity index (χ1v) is 7.96. The van der Waals surface area contributed by atoms with E-state index in [1.807, 2.05) is 32.0 Å². The first kappa shape index (κ1) is 20.3. The SMILES string of the molecule is CC(C)(CN)NC(=O)CCCOc1ccc2c(c1)CCC(=O)N2.Cl. The number of rotatable bonds is 7. The number of carbonyl (C=O) groups excluding carboxylic acids is 2. The molecule has 4 N–H and O–H groups in total. The predicted molar refractivity (Wildman–Crippen MR) is 96.6 cm³/mol. The molecule has 1 aromatic rings. The maximum absolute atomic E-state index is 11.8. The molecule has 6 nitrogen and oxygen atoms in total. The summed E-state index contributed by atoms with van der Waals surface area (Å²) < 4.78 is 5.69. The molecular formula is C17H26ClN3O3. The average molecular weight is 356 g/mol. The minimum atomic E-state index is -0.374. The topological polar surface area (TPSA) is 93.4 Å². The molecule has 2 rings (SSSR count). The average Bonchev–Trinajstić information content (AvgIpc) is 2.51. The number of fused-ring (bicyclic) bond motifs is 1. The Balaban J connectivity index is 0.00000288. The molecule has 7 heteroatoms. The zero-order valence-electron chi connectivity index (χ0n) is 14.2. The van der Waals surface area contributed by atoms with E-state index in [9.17, 15) is 9.59 Å². The van der Waals surface area contributed by atoms with Crippen LogP contribution < -0.4 is 21.1 Å². The Kier molecular flexibility index (Phi) is 7.51. The van der Waals surface area contributed by atoms with Crippen LogP contribution in [0.3, 0.4) is 0 Å². The van der Waals surface area contributed by atoms with Crippen molar-refractivity contribution in [3.63, 3.8) is 0 Å². The first-order chi connectivity index (χ1) is 10.9. The third-order valence-electron chi connectivity index (χ3n) is 3.78. The van der Waals surface area contributed by atoms with Gasteiger partial charge in [0.15, 0.2) is 0 Å². The van der Waals surface area contributed by atoms with Gasteiger partial charge in [-0.3, -0.25) is 9.59 Å². The van der Waals surface area contributed by atoms with Crippen LogP contribution in [0.15, 0.2) is 18.2 Å². The molecule has 0 spiro atoms. The summed E-state index contributed by atoms with van der Waals surface area (Å²) in [7, 11) is 0. The van der Waals surface area contributed by atoms with E-state index >= 15 is 0 Å². The number of hydrogen-bond donors (Lipinski definition) is 3. The second kappa shape index (κ2) is 8.89. The van der Waals surface area contributed by atoms with Gasteiger partial charge in [-0.25, -0.2) is 0 Å². The molecule has 1 aliphatic rings. The second-order valence-corrected chi connectivity index (χ2v) is 6.46. The van der Waals surface area contributed by atoms with Gasteiger partial charge in [-0.2, -0.15) is 0 Å². The highest BCUT2D eigenvalue weighted by Crippen LogP contribution is 2.26. The lowest BCUT2D eigenvalue weighted by Crippen LogP contribution is -2.48. The molecule has 0 radical (unpaired) electrons. The monoisotopic (exact) mass is 355 g/mol. The van der Waals surface area contributed by atoms with Gasteiger partial charge in [0.1, 0.15) is 5.75 Å². The number of ether oxygens (including phenoxy) is 1. The number of amides is 2. The van der Waals surface area contributed by atoms with Crippen LogP contribution >= 0.6 is 12.4 Å². The van der Waals surface area contributed by atoms with Crippen molar-refractivity contribution >= 4 is 29.9 Å². The van der Waals surface area contributed by atoms with Gasteiger partial charge in [0.25, 0.3) is 0 Å². The molecule has 0 unspecified atom stereocenters. The molecule has 2 amide bonds. The number of aryl methyl sites for hydroxylation is 1. The van der Waals surface area contributed by atoms with Crippen LogP contribution in [0.4, 0.5) is 5.69 Å². The number of nitrogens with two attached hydrogens (primary N) is 1. The fourth-order valence-electron chi connectivity index (χ4n) is 2.36.